The molecule has 0 saturated heterocycles. The van der Waals surface area contributed by atoms with E-state index in [1.54, 1.807) is 48.5 Å². The fourth-order valence-electron chi connectivity index (χ4n) is 2.40. The van der Waals surface area contributed by atoms with E-state index in [1.165, 1.54) is 18.3 Å². The van der Waals surface area contributed by atoms with Gasteiger partial charge in [0.15, 0.2) is 0 Å². The Morgan fingerprint density at radius 1 is 0.966 bits per heavy atom. The van der Waals surface area contributed by atoms with Gasteiger partial charge in [-0.3, -0.25) is 4.79 Å². The summed E-state index contributed by atoms with van der Waals surface area (Å²) in [6, 6.07) is 16.6. The summed E-state index contributed by atoms with van der Waals surface area (Å²) in [5.74, 6) is -1.42. The van der Waals surface area contributed by atoms with Crippen LogP contribution in [0.25, 0.3) is 0 Å². The van der Waals surface area contributed by atoms with Gasteiger partial charge in [0.2, 0.25) is 0 Å². The van der Waals surface area contributed by atoms with Gasteiger partial charge < -0.3 is 14.9 Å². The molecule has 0 spiro atoms. The van der Waals surface area contributed by atoms with Crippen LogP contribution in [0.1, 0.15) is 26.3 Å². The van der Waals surface area contributed by atoms with Crippen LogP contribution in [-0.2, 0) is 0 Å². The second-order valence-electron chi connectivity index (χ2n) is 5.88. The summed E-state index contributed by atoms with van der Waals surface area (Å²) in [6.07, 6.45) is 1.35. The normalized spacial score (nSPS) is 10.7. The van der Waals surface area contributed by atoms with E-state index in [2.05, 4.69) is 10.5 Å². The van der Waals surface area contributed by atoms with Crippen molar-refractivity contribution in [3.05, 3.63) is 88.4 Å². The number of aromatic hydroxyl groups is 2. The number of rotatable bonds is 5. The van der Waals surface area contributed by atoms with Gasteiger partial charge >= 0.3 is 5.97 Å². The van der Waals surface area contributed by atoms with Crippen molar-refractivity contribution in [2.75, 3.05) is 0 Å². The third kappa shape index (κ3) is 5.33. The van der Waals surface area contributed by atoms with E-state index < -0.39 is 11.9 Å². The van der Waals surface area contributed by atoms with Crippen LogP contribution in [0, 0.1) is 0 Å². The van der Waals surface area contributed by atoms with Gasteiger partial charge in [-0.1, -0.05) is 35.9 Å². The molecule has 0 unspecified atom stereocenters. The molecule has 0 bridgehead atoms. The molecule has 3 N–H and O–H groups in total. The summed E-state index contributed by atoms with van der Waals surface area (Å²) in [5, 5.41) is 22.9. The van der Waals surface area contributed by atoms with Crippen molar-refractivity contribution in [2.45, 2.75) is 0 Å². The quantitative estimate of drug-likeness (QED) is 0.257. The Kier molecular flexibility index (Phi) is 6.11. The van der Waals surface area contributed by atoms with E-state index in [4.69, 9.17) is 16.3 Å². The number of phenolic OH excluding ortho intramolecular Hbond substituents is 2. The summed E-state index contributed by atoms with van der Waals surface area (Å²) in [7, 11) is 0. The standard InChI is InChI=1S/C21H15ClN2O5/c22-19-7-2-1-6-18(19)21(28)29-17-5-3-4-13(8-17)12-23-24-20(27)14-9-15(25)11-16(26)10-14/h1-12,25-26H,(H,24,27). The molecule has 0 aliphatic heterocycles. The van der Waals surface area contributed by atoms with Crippen molar-refractivity contribution in [3.8, 4) is 17.2 Å². The van der Waals surface area contributed by atoms with Crippen molar-refractivity contribution in [2.24, 2.45) is 5.10 Å². The number of nitrogens with zero attached hydrogens (tertiary/aromatic N) is 1. The number of hydrogen-bond donors (Lipinski definition) is 3. The van der Waals surface area contributed by atoms with Gasteiger partial charge in [-0.05, 0) is 42.0 Å². The van der Waals surface area contributed by atoms with E-state index in [0.717, 1.165) is 6.07 Å². The molecule has 0 aliphatic rings. The van der Waals surface area contributed by atoms with Crippen molar-refractivity contribution >= 4 is 29.7 Å². The summed E-state index contributed by atoms with van der Waals surface area (Å²) < 4.78 is 5.32. The van der Waals surface area contributed by atoms with Crippen LogP contribution in [0.2, 0.25) is 5.02 Å². The Balaban J connectivity index is 1.65. The number of phenols is 2. The van der Waals surface area contributed by atoms with Gasteiger partial charge in [0.25, 0.3) is 5.91 Å². The number of hydrogen-bond acceptors (Lipinski definition) is 6. The van der Waals surface area contributed by atoms with E-state index in [1.807, 2.05) is 0 Å². The Hall–Kier alpha value is -3.84. The Morgan fingerprint density at radius 3 is 2.41 bits per heavy atom. The lowest BCUT2D eigenvalue weighted by Crippen LogP contribution is -2.17. The predicted molar refractivity (Wildman–Crippen MR) is 108 cm³/mol. The Bertz CT molecular complexity index is 1080. The zero-order valence-electron chi connectivity index (χ0n) is 14.9. The predicted octanol–water partition coefficient (Wildman–Crippen LogP) is 3.73. The number of ether oxygens (including phenoxy) is 1. The molecule has 0 aromatic heterocycles. The molecular formula is C21H15ClN2O5. The molecule has 1 amide bonds. The molecule has 3 aromatic carbocycles. The maximum absolute atomic E-state index is 12.2. The topological polar surface area (TPSA) is 108 Å². The molecule has 7 nitrogen and oxygen atoms in total. The van der Waals surface area contributed by atoms with Crippen LogP contribution in [0.3, 0.4) is 0 Å². The molecule has 0 heterocycles. The number of carbonyl (C=O) groups excluding carboxylic acids is 2. The van der Waals surface area contributed by atoms with E-state index in [0.29, 0.717) is 5.56 Å². The smallest absolute Gasteiger partial charge is 0.345 e. The highest BCUT2D eigenvalue weighted by atomic mass is 35.5. The third-order valence-corrected chi connectivity index (χ3v) is 4.04. The average molecular weight is 411 g/mol. The van der Waals surface area contributed by atoms with Crippen molar-refractivity contribution in [3.63, 3.8) is 0 Å². The number of esters is 1. The first kappa shape index (κ1) is 19.9. The van der Waals surface area contributed by atoms with Gasteiger partial charge in [-0.15, -0.1) is 0 Å². The minimum atomic E-state index is -0.617. The van der Waals surface area contributed by atoms with E-state index >= 15 is 0 Å². The van der Waals surface area contributed by atoms with Gasteiger partial charge in [0, 0.05) is 11.6 Å². The number of benzene rings is 3. The highest BCUT2D eigenvalue weighted by Gasteiger charge is 2.12. The van der Waals surface area contributed by atoms with Crippen molar-refractivity contribution < 1.29 is 24.5 Å². The molecule has 3 aromatic rings. The van der Waals surface area contributed by atoms with Gasteiger partial charge in [0.05, 0.1) is 16.8 Å². The van der Waals surface area contributed by atoms with Crippen LogP contribution < -0.4 is 10.2 Å². The highest BCUT2D eigenvalue weighted by Crippen LogP contribution is 2.21. The van der Waals surface area contributed by atoms with Crippen LogP contribution in [-0.4, -0.2) is 28.3 Å². The molecule has 0 radical (unpaired) electrons. The monoisotopic (exact) mass is 410 g/mol. The number of halogens is 1. The van der Waals surface area contributed by atoms with Crippen LogP contribution in [0.15, 0.2) is 71.8 Å². The molecule has 0 fully saturated rings. The molecule has 0 atom stereocenters. The van der Waals surface area contributed by atoms with Crippen LogP contribution in [0.4, 0.5) is 0 Å². The number of carbonyl (C=O) groups is 2. The molecule has 0 aliphatic carbocycles. The van der Waals surface area contributed by atoms with E-state index in [-0.39, 0.29) is 33.4 Å². The lowest BCUT2D eigenvalue weighted by atomic mass is 10.2. The Morgan fingerprint density at radius 2 is 1.69 bits per heavy atom. The lowest BCUT2D eigenvalue weighted by molar-refractivity contribution is 0.0734. The SMILES string of the molecule is O=C(NN=Cc1cccc(OC(=O)c2ccccc2Cl)c1)c1cc(O)cc(O)c1. The number of hydrazone groups is 1. The first-order valence-corrected chi connectivity index (χ1v) is 8.73. The van der Waals surface area contributed by atoms with Crippen LogP contribution >= 0.6 is 11.6 Å². The molecule has 8 heteroatoms. The minimum Gasteiger partial charge on any atom is -0.508 e. The summed E-state index contributed by atoms with van der Waals surface area (Å²) in [5.41, 5.74) is 3.13. The number of amides is 1. The third-order valence-electron chi connectivity index (χ3n) is 3.71. The number of nitrogens with one attached hydrogen (secondary N) is 1. The van der Waals surface area contributed by atoms with Crippen LogP contribution in [0.5, 0.6) is 17.2 Å². The molecule has 29 heavy (non-hydrogen) atoms. The fourth-order valence-corrected chi connectivity index (χ4v) is 2.62. The highest BCUT2D eigenvalue weighted by molar-refractivity contribution is 6.33. The van der Waals surface area contributed by atoms with Gasteiger partial charge in [-0.25, -0.2) is 10.2 Å². The maximum Gasteiger partial charge on any atom is 0.345 e. The minimum absolute atomic E-state index is 0.0436. The van der Waals surface area contributed by atoms with Gasteiger partial charge in [-0.2, -0.15) is 5.10 Å². The summed E-state index contributed by atoms with van der Waals surface area (Å²) in [4.78, 5) is 24.2. The first-order chi connectivity index (χ1) is 13.9. The van der Waals surface area contributed by atoms with Crippen molar-refractivity contribution in [1.82, 2.24) is 5.43 Å². The molecule has 146 valence electrons. The largest absolute Gasteiger partial charge is 0.508 e. The molecule has 0 saturated carbocycles. The zero-order valence-corrected chi connectivity index (χ0v) is 15.6. The first-order valence-electron chi connectivity index (χ1n) is 8.35. The van der Waals surface area contributed by atoms with Crippen molar-refractivity contribution in [1.29, 1.82) is 0 Å². The van der Waals surface area contributed by atoms with E-state index in [9.17, 15) is 19.8 Å². The second kappa shape index (κ2) is 8.90. The lowest BCUT2D eigenvalue weighted by Gasteiger charge is -2.06. The molecule has 3 rings (SSSR count). The molecular weight excluding hydrogens is 396 g/mol. The zero-order chi connectivity index (χ0) is 20.8. The second-order valence-corrected chi connectivity index (χ2v) is 6.29. The average Bonchev–Trinajstić information content (AvgIpc) is 2.67. The fraction of sp³-hybridized carbons (Fsp3) is 0. The summed E-state index contributed by atoms with van der Waals surface area (Å²) in [6.45, 7) is 0. The van der Waals surface area contributed by atoms with Gasteiger partial charge in [0.1, 0.15) is 17.2 Å². The maximum atomic E-state index is 12.2. The Labute approximate surface area is 170 Å². The summed E-state index contributed by atoms with van der Waals surface area (Å²) >= 11 is 5.99.